The van der Waals surface area contributed by atoms with Gasteiger partial charge in [0.15, 0.2) is 11.5 Å². The van der Waals surface area contributed by atoms with Crippen molar-refractivity contribution < 1.29 is 14.9 Å². The van der Waals surface area contributed by atoms with Crippen molar-refractivity contribution in [3.8, 4) is 11.5 Å². The van der Waals surface area contributed by atoms with E-state index in [1.807, 2.05) is 12.1 Å². The number of benzene rings is 2. The lowest BCUT2D eigenvalue weighted by atomic mass is 10.0. The number of ether oxygens (including phenoxy) is 1. The van der Waals surface area contributed by atoms with Crippen LogP contribution in [-0.4, -0.2) is 59.4 Å². The first-order valence-corrected chi connectivity index (χ1v) is 9.58. The molecule has 1 atom stereocenters. The Bertz CT molecular complexity index is 750. The van der Waals surface area contributed by atoms with E-state index in [2.05, 4.69) is 41.0 Å². The molecule has 0 saturated carbocycles. The monoisotopic (exact) mass is 370 g/mol. The molecule has 146 valence electrons. The van der Waals surface area contributed by atoms with Crippen LogP contribution in [0, 0.1) is 6.92 Å². The van der Waals surface area contributed by atoms with Crippen molar-refractivity contribution in [3.63, 3.8) is 0 Å². The summed E-state index contributed by atoms with van der Waals surface area (Å²) in [4.78, 5) is 4.91. The highest BCUT2D eigenvalue weighted by atomic mass is 16.5. The van der Waals surface area contributed by atoms with Gasteiger partial charge in [0.25, 0.3) is 0 Å². The molecule has 0 unspecified atom stereocenters. The average molecular weight is 370 g/mol. The third-order valence-electron chi connectivity index (χ3n) is 5.44. The van der Waals surface area contributed by atoms with Crippen LogP contribution in [0.3, 0.4) is 0 Å². The van der Waals surface area contributed by atoms with Gasteiger partial charge in [0, 0.05) is 45.4 Å². The largest absolute Gasteiger partial charge is 0.504 e. The van der Waals surface area contributed by atoms with Crippen molar-refractivity contribution in [2.24, 2.45) is 0 Å². The summed E-state index contributed by atoms with van der Waals surface area (Å²) >= 11 is 0. The van der Waals surface area contributed by atoms with E-state index >= 15 is 0 Å². The SMILES string of the molecule is COc1cc(CN2CCN(Cc3ccccc3C)[C@@H](CCO)C2)ccc1O. The molecule has 27 heavy (non-hydrogen) atoms. The number of phenolic OH excluding ortho intramolecular Hbond substituents is 1. The number of aromatic hydroxyl groups is 1. The Labute approximate surface area is 161 Å². The van der Waals surface area contributed by atoms with Crippen molar-refractivity contribution >= 4 is 0 Å². The lowest BCUT2D eigenvalue weighted by Crippen LogP contribution is -2.52. The molecule has 1 heterocycles. The minimum Gasteiger partial charge on any atom is -0.504 e. The van der Waals surface area contributed by atoms with Gasteiger partial charge >= 0.3 is 0 Å². The van der Waals surface area contributed by atoms with E-state index < -0.39 is 0 Å². The van der Waals surface area contributed by atoms with E-state index in [-0.39, 0.29) is 12.4 Å². The number of hydrogen-bond donors (Lipinski definition) is 2. The van der Waals surface area contributed by atoms with E-state index in [0.717, 1.165) is 44.7 Å². The Balaban J connectivity index is 1.66. The lowest BCUT2D eigenvalue weighted by molar-refractivity contribution is 0.0498. The van der Waals surface area contributed by atoms with Gasteiger partial charge in [-0.15, -0.1) is 0 Å². The van der Waals surface area contributed by atoms with E-state index in [1.54, 1.807) is 13.2 Å². The zero-order chi connectivity index (χ0) is 19.2. The second-order valence-corrected chi connectivity index (χ2v) is 7.30. The van der Waals surface area contributed by atoms with Gasteiger partial charge in [0.05, 0.1) is 7.11 Å². The molecule has 2 N–H and O–H groups in total. The van der Waals surface area contributed by atoms with Crippen molar-refractivity contribution in [3.05, 3.63) is 59.2 Å². The van der Waals surface area contributed by atoms with Crippen LogP contribution in [0.5, 0.6) is 11.5 Å². The molecule has 1 saturated heterocycles. The number of rotatable bonds is 7. The minimum atomic E-state index is 0.169. The number of hydrogen-bond acceptors (Lipinski definition) is 5. The Morgan fingerprint density at radius 1 is 1.11 bits per heavy atom. The van der Waals surface area contributed by atoms with Crippen LogP contribution < -0.4 is 4.74 Å². The molecule has 5 nitrogen and oxygen atoms in total. The number of aliphatic hydroxyl groups is 1. The van der Waals surface area contributed by atoms with Crippen LogP contribution in [0.4, 0.5) is 0 Å². The molecule has 1 fully saturated rings. The Kier molecular flexibility index (Phi) is 6.72. The number of piperazine rings is 1. The number of aliphatic hydroxyl groups excluding tert-OH is 1. The predicted molar refractivity (Wildman–Crippen MR) is 107 cm³/mol. The average Bonchev–Trinajstić information content (AvgIpc) is 2.67. The van der Waals surface area contributed by atoms with Crippen molar-refractivity contribution in [1.82, 2.24) is 9.80 Å². The van der Waals surface area contributed by atoms with Crippen molar-refractivity contribution in [2.75, 3.05) is 33.4 Å². The molecule has 2 aromatic rings. The summed E-state index contributed by atoms with van der Waals surface area (Å²) in [5, 5.41) is 19.3. The number of methoxy groups -OCH3 is 1. The first kappa shape index (κ1) is 19.7. The molecule has 0 aliphatic carbocycles. The van der Waals surface area contributed by atoms with Gasteiger partial charge in [0.1, 0.15) is 0 Å². The number of phenols is 1. The molecule has 0 bridgehead atoms. The topological polar surface area (TPSA) is 56.2 Å². The molecule has 5 heteroatoms. The fourth-order valence-electron chi connectivity index (χ4n) is 3.82. The maximum atomic E-state index is 9.78. The number of nitrogens with zero attached hydrogens (tertiary/aromatic N) is 2. The van der Waals surface area contributed by atoms with Crippen molar-refractivity contribution in [2.45, 2.75) is 32.5 Å². The molecule has 2 aromatic carbocycles. The quantitative estimate of drug-likeness (QED) is 0.785. The molecule has 0 spiro atoms. The second-order valence-electron chi connectivity index (χ2n) is 7.30. The van der Waals surface area contributed by atoms with Crippen LogP contribution in [0.2, 0.25) is 0 Å². The predicted octanol–water partition coefficient (Wildman–Crippen LogP) is 2.78. The van der Waals surface area contributed by atoms with E-state index in [0.29, 0.717) is 11.8 Å². The first-order chi connectivity index (χ1) is 13.1. The van der Waals surface area contributed by atoms with Crippen LogP contribution in [-0.2, 0) is 13.1 Å². The molecule has 0 aromatic heterocycles. The van der Waals surface area contributed by atoms with E-state index in [9.17, 15) is 10.2 Å². The molecular weight excluding hydrogens is 340 g/mol. The highest BCUT2D eigenvalue weighted by Gasteiger charge is 2.27. The normalized spacial score (nSPS) is 18.6. The lowest BCUT2D eigenvalue weighted by Gasteiger charge is -2.41. The van der Waals surface area contributed by atoms with Crippen LogP contribution in [0.15, 0.2) is 42.5 Å². The summed E-state index contributed by atoms with van der Waals surface area (Å²) < 4.78 is 5.22. The first-order valence-electron chi connectivity index (χ1n) is 9.58. The maximum absolute atomic E-state index is 9.78. The molecule has 0 radical (unpaired) electrons. The summed E-state index contributed by atoms with van der Waals surface area (Å²) in [6.45, 7) is 7.00. The summed E-state index contributed by atoms with van der Waals surface area (Å²) in [6.07, 6.45) is 0.779. The zero-order valence-electron chi connectivity index (χ0n) is 16.3. The molecule has 1 aliphatic rings. The Hall–Kier alpha value is -2.08. The number of aryl methyl sites for hydroxylation is 1. The highest BCUT2D eigenvalue weighted by Crippen LogP contribution is 2.27. The smallest absolute Gasteiger partial charge is 0.160 e. The zero-order valence-corrected chi connectivity index (χ0v) is 16.3. The summed E-state index contributed by atoms with van der Waals surface area (Å²) in [5.41, 5.74) is 3.80. The van der Waals surface area contributed by atoms with Crippen molar-refractivity contribution in [1.29, 1.82) is 0 Å². The van der Waals surface area contributed by atoms with E-state index in [1.165, 1.54) is 11.1 Å². The highest BCUT2D eigenvalue weighted by molar-refractivity contribution is 5.41. The Morgan fingerprint density at radius 2 is 1.93 bits per heavy atom. The molecule has 0 amide bonds. The molecule has 3 rings (SSSR count). The summed E-state index contributed by atoms with van der Waals surface area (Å²) in [6, 6.07) is 14.4. The van der Waals surface area contributed by atoms with Gasteiger partial charge in [0.2, 0.25) is 0 Å². The maximum Gasteiger partial charge on any atom is 0.160 e. The van der Waals surface area contributed by atoms with Gasteiger partial charge in [-0.1, -0.05) is 30.3 Å². The van der Waals surface area contributed by atoms with Crippen LogP contribution in [0.25, 0.3) is 0 Å². The minimum absolute atomic E-state index is 0.169. The fraction of sp³-hybridized carbons (Fsp3) is 0.455. The van der Waals surface area contributed by atoms with Crippen LogP contribution in [0.1, 0.15) is 23.1 Å². The van der Waals surface area contributed by atoms with Gasteiger partial charge in [-0.2, -0.15) is 0 Å². The van der Waals surface area contributed by atoms with Gasteiger partial charge in [-0.3, -0.25) is 9.80 Å². The fourth-order valence-corrected chi connectivity index (χ4v) is 3.82. The molecule has 1 aliphatic heterocycles. The standard InChI is InChI=1S/C22H30N2O3/c1-17-5-3-4-6-19(17)15-24-11-10-23(16-20(24)9-12-25)14-18-7-8-21(26)22(13-18)27-2/h3-8,13,20,25-26H,9-12,14-16H2,1-2H3/t20-/m0/s1. The second kappa shape index (κ2) is 9.22. The third kappa shape index (κ3) is 5.01. The Morgan fingerprint density at radius 3 is 2.67 bits per heavy atom. The summed E-state index contributed by atoms with van der Waals surface area (Å²) in [5.74, 6) is 0.681. The van der Waals surface area contributed by atoms with Crippen LogP contribution >= 0.6 is 0 Å². The molecular formula is C22H30N2O3. The van der Waals surface area contributed by atoms with Gasteiger partial charge < -0.3 is 14.9 Å². The third-order valence-corrected chi connectivity index (χ3v) is 5.44. The summed E-state index contributed by atoms with van der Waals surface area (Å²) in [7, 11) is 1.57. The van der Waals surface area contributed by atoms with Gasteiger partial charge in [-0.25, -0.2) is 0 Å². The van der Waals surface area contributed by atoms with E-state index in [4.69, 9.17) is 4.74 Å². The van der Waals surface area contributed by atoms with Gasteiger partial charge in [-0.05, 0) is 42.2 Å².